The van der Waals surface area contributed by atoms with Gasteiger partial charge in [-0.05, 0) is 73.6 Å². The molecule has 2 aromatic carbocycles. The van der Waals surface area contributed by atoms with Crippen LogP contribution in [0.15, 0.2) is 54.9 Å². The highest BCUT2D eigenvalue weighted by Crippen LogP contribution is 2.46. The fourth-order valence-corrected chi connectivity index (χ4v) is 6.94. The van der Waals surface area contributed by atoms with Crippen molar-refractivity contribution >= 4 is 21.8 Å². The Hall–Kier alpha value is -3.89. The third-order valence-electron chi connectivity index (χ3n) is 8.08. The lowest BCUT2D eigenvalue weighted by Gasteiger charge is -2.29. The number of aryl methyl sites for hydroxylation is 1. The molecule has 1 saturated carbocycles. The molecule has 0 spiro atoms. The summed E-state index contributed by atoms with van der Waals surface area (Å²) in [5.41, 5.74) is -0.684. The number of aliphatic hydroxyl groups excluding tert-OH is 1. The molecule has 0 aliphatic heterocycles. The third kappa shape index (κ3) is 10.1. The Balaban J connectivity index is 1.57. The first-order chi connectivity index (χ1) is 22.5. The van der Waals surface area contributed by atoms with Crippen LogP contribution in [0.25, 0.3) is 0 Å². The van der Waals surface area contributed by atoms with Gasteiger partial charge in [-0.15, -0.1) is 0 Å². The Labute approximate surface area is 275 Å². The largest absolute Gasteiger partial charge is 0.416 e. The maximum absolute atomic E-state index is 14.1. The summed E-state index contributed by atoms with van der Waals surface area (Å²) in [6, 6.07) is 3.61. The molecule has 4 rings (SSSR count). The van der Waals surface area contributed by atoms with Crippen molar-refractivity contribution in [3.8, 4) is 0 Å². The van der Waals surface area contributed by atoms with Crippen LogP contribution in [0.5, 0.6) is 0 Å². The molecule has 16 heteroatoms. The van der Waals surface area contributed by atoms with Gasteiger partial charge in [-0.3, -0.25) is 4.79 Å². The lowest BCUT2D eigenvalue weighted by atomic mass is 9.98. The summed E-state index contributed by atoms with van der Waals surface area (Å²) in [7, 11) is -3.86. The molecule has 3 atom stereocenters. The van der Waals surface area contributed by atoms with Crippen LogP contribution in [-0.4, -0.2) is 71.5 Å². The molecule has 48 heavy (non-hydrogen) atoms. The standard InChI is InChI=1S/C32H38F5N5O5S/c1-3-4-10-48(46,47)19-27(41-30(45)42-18-20(2)16-39-42)29(44)40-26(13-21-11-24(33)15-25(34)12-21)28(43)17-38-31(8-9-31)22-6-5-7-23(14-22)32(35,36)37/h5-7,11-12,14-16,18,26-28,38,43H,3-4,8-10,13,17,19H2,1-2H3,(H,40,44)(H,41,45)/t26-,27+,28+/m0/s1. The maximum atomic E-state index is 14.1. The third-order valence-corrected chi connectivity index (χ3v) is 9.83. The molecule has 1 aromatic heterocycles. The van der Waals surface area contributed by atoms with Crippen molar-refractivity contribution in [3.05, 3.63) is 88.7 Å². The van der Waals surface area contributed by atoms with Gasteiger partial charge in [-0.25, -0.2) is 22.0 Å². The average molecular weight is 700 g/mol. The number of hydrogen-bond acceptors (Lipinski definition) is 7. The first kappa shape index (κ1) is 36.9. The molecule has 0 radical (unpaired) electrons. The number of nitrogens with zero attached hydrogens (tertiary/aromatic N) is 2. The minimum absolute atomic E-state index is 0.0547. The minimum atomic E-state index is -4.56. The second-order valence-electron chi connectivity index (χ2n) is 12.1. The predicted octanol–water partition coefficient (Wildman–Crippen LogP) is 4.00. The van der Waals surface area contributed by atoms with E-state index in [2.05, 4.69) is 21.0 Å². The molecule has 0 bridgehead atoms. The Morgan fingerprint density at radius 1 is 1.08 bits per heavy atom. The number of hydrogen-bond donors (Lipinski definition) is 4. The van der Waals surface area contributed by atoms with E-state index in [0.29, 0.717) is 42.9 Å². The van der Waals surface area contributed by atoms with Gasteiger partial charge in [0.2, 0.25) is 5.91 Å². The zero-order chi connectivity index (χ0) is 35.3. The summed E-state index contributed by atoms with van der Waals surface area (Å²) in [6.07, 6.45) is -1.81. The van der Waals surface area contributed by atoms with E-state index in [4.69, 9.17) is 0 Å². The predicted molar refractivity (Wildman–Crippen MR) is 167 cm³/mol. The summed E-state index contributed by atoms with van der Waals surface area (Å²) in [5.74, 6) is -3.84. The zero-order valence-corrected chi connectivity index (χ0v) is 27.2. The topological polar surface area (TPSA) is 142 Å². The lowest BCUT2D eigenvalue weighted by molar-refractivity contribution is -0.137. The van der Waals surface area contributed by atoms with Crippen molar-refractivity contribution in [2.75, 3.05) is 18.1 Å². The van der Waals surface area contributed by atoms with Gasteiger partial charge in [0, 0.05) is 24.3 Å². The van der Waals surface area contributed by atoms with Gasteiger partial charge < -0.3 is 21.1 Å². The second-order valence-corrected chi connectivity index (χ2v) is 14.4. The number of carbonyl (C=O) groups excluding carboxylic acids is 2. The summed E-state index contributed by atoms with van der Waals surface area (Å²) in [5, 5.41) is 23.2. The van der Waals surface area contributed by atoms with Gasteiger partial charge >= 0.3 is 12.2 Å². The second kappa shape index (κ2) is 15.1. The van der Waals surface area contributed by atoms with Gasteiger partial charge in [0.25, 0.3) is 0 Å². The Bertz CT molecular complexity index is 1690. The van der Waals surface area contributed by atoms with Crippen LogP contribution >= 0.6 is 0 Å². The van der Waals surface area contributed by atoms with E-state index in [1.807, 2.05) is 0 Å². The van der Waals surface area contributed by atoms with Gasteiger partial charge in [0.05, 0.1) is 35.4 Å². The SMILES string of the molecule is CCCCS(=O)(=O)C[C@@H](NC(=O)n1cc(C)cn1)C(=O)N[C@@H](Cc1cc(F)cc(F)c1)[C@H](O)CNC1(c2cccc(C(F)(F)F)c2)CC1. The molecule has 1 heterocycles. The highest BCUT2D eigenvalue weighted by atomic mass is 32.2. The van der Waals surface area contributed by atoms with E-state index < -0.39 is 74.6 Å². The number of nitrogens with one attached hydrogen (secondary N) is 3. The summed E-state index contributed by atoms with van der Waals surface area (Å²) >= 11 is 0. The van der Waals surface area contributed by atoms with Gasteiger partial charge in [-0.2, -0.15) is 23.0 Å². The number of carbonyl (C=O) groups is 2. The van der Waals surface area contributed by atoms with Crippen LogP contribution in [0.3, 0.4) is 0 Å². The monoisotopic (exact) mass is 699 g/mol. The van der Waals surface area contributed by atoms with Crippen LogP contribution in [0.1, 0.15) is 54.9 Å². The van der Waals surface area contributed by atoms with Crippen molar-refractivity contribution in [3.63, 3.8) is 0 Å². The summed E-state index contributed by atoms with van der Waals surface area (Å²) in [6.45, 7) is 3.19. The number of rotatable bonds is 15. The Morgan fingerprint density at radius 2 is 1.77 bits per heavy atom. The first-order valence-electron chi connectivity index (χ1n) is 15.4. The van der Waals surface area contributed by atoms with Crippen LogP contribution < -0.4 is 16.0 Å². The molecule has 10 nitrogen and oxygen atoms in total. The lowest BCUT2D eigenvalue weighted by Crippen LogP contribution is -2.57. The Kier molecular flexibility index (Phi) is 11.6. The number of benzene rings is 2. The number of unbranched alkanes of at least 4 members (excludes halogenated alkanes) is 1. The fraction of sp³-hybridized carbons (Fsp3) is 0.469. The molecule has 262 valence electrons. The number of alkyl halides is 3. The highest BCUT2D eigenvalue weighted by molar-refractivity contribution is 7.91. The minimum Gasteiger partial charge on any atom is -0.390 e. The summed E-state index contributed by atoms with van der Waals surface area (Å²) < 4.78 is 94.9. The molecule has 0 saturated heterocycles. The zero-order valence-electron chi connectivity index (χ0n) is 26.4. The maximum Gasteiger partial charge on any atom is 0.416 e. The molecule has 2 amide bonds. The van der Waals surface area contributed by atoms with E-state index in [1.54, 1.807) is 13.8 Å². The normalized spacial score (nSPS) is 16.2. The van der Waals surface area contributed by atoms with Gasteiger partial charge in [0.1, 0.15) is 17.7 Å². The van der Waals surface area contributed by atoms with E-state index in [9.17, 15) is 45.1 Å². The van der Waals surface area contributed by atoms with E-state index in [-0.39, 0.29) is 24.3 Å². The smallest absolute Gasteiger partial charge is 0.390 e. The van der Waals surface area contributed by atoms with Gasteiger partial charge in [0.15, 0.2) is 9.84 Å². The van der Waals surface area contributed by atoms with Crippen LogP contribution in [0.4, 0.5) is 26.7 Å². The molecule has 3 aromatic rings. The fourth-order valence-electron chi connectivity index (χ4n) is 5.30. The van der Waals surface area contributed by atoms with Crippen molar-refractivity contribution < 1.29 is 45.1 Å². The van der Waals surface area contributed by atoms with Crippen LogP contribution in [-0.2, 0) is 32.8 Å². The molecule has 4 N–H and O–H groups in total. The quantitative estimate of drug-likeness (QED) is 0.176. The van der Waals surface area contributed by atoms with Crippen molar-refractivity contribution in [2.24, 2.45) is 0 Å². The number of aliphatic hydroxyl groups is 1. The molecular formula is C32H38F5N5O5S. The average Bonchev–Trinajstić information content (AvgIpc) is 3.68. The first-order valence-corrected chi connectivity index (χ1v) is 17.2. The van der Waals surface area contributed by atoms with Crippen molar-refractivity contribution in [2.45, 2.75) is 75.9 Å². The van der Waals surface area contributed by atoms with E-state index in [1.165, 1.54) is 24.5 Å². The number of amides is 2. The van der Waals surface area contributed by atoms with Gasteiger partial charge in [-0.1, -0.05) is 25.5 Å². The molecule has 0 unspecified atom stereocenters. The van der Waals surface area contributed by atoms with Crippen LogP contribution in [0, 0.1) is 18.6 Å². The number of halogens is 5. The van der Waals surface area contributed by atoms with E-state index >= 15 is 0 Å². The molecule has 1 fully saturated rings. The van der Waals surface area contributed by atoms with Crippen LogP contribution in [0.2, 0.25) is 0 Å². The van der Waals surface area contributed by atoms with Crippen molar-refractivity contribution in [1.29, 1.82) is 0 Å². The highest BCUT2D eigenvalue weighted by Gasteiger charge is 2.45. The molecule has 1 aliphatic carbocycles. The Morgan fingerprint density at radius 3 is 2.35 bits per heavy atom. The molecular weight excluding hydrogens is 661 g/mol. The molecule has 1 aliphatic rings. The summed E-state index contributed by atoms with van der Waals surface area (Å²) in [4.78, 5) is 26.6. The number of sulfone groups is 1. The van der Waals surface area contributed by atoms with E-state index in [0.717, 1.165) is 28.9 Å². The number of aromatic nitrogens is 2. The van der Waals surface area contributed by atoms with Crippen molar-refractivity contribution in [1.82, 2.24) is 25.7 Å².